The fraction of sp³-hybridized carbons (Fsp3) is 0.333. The quantitative estimate of drug-likeness (QED) is 0.943. The second-order valence-electron chi connectivity index (χ2n) is 4.15. The van der Waals surface area contributed by atoms with E-state index in [-0.39, 0.29) is 12.0 Å². The van der Waals surface area contributed by atoms with Crippen molar-refractivity contribution in [2.24, 2.45) is 5.73 Å². The summed E-state index contributed by atoms with van der Waals surface area (Å²) in [6, 6.07) is 0.179. The molecule has 0 aromatic carbocycles. The maximum atomic E-state index is 12.9. The summed E-state index contributed by atoms with van der Waals surface area (Å²) >= 11 is 1.39. The molecule has 0 saturated carbocycles. The monoisotopic (exact) mass is 287 g/mol. The molecule has 0 amide bonds. The Morgan fingerprint density at radius 1 is 1.42 bits per heavy atom. The summed E-state index contributed by atoms with van der Waals surface area (Å²) in [5.74, 6) is 0. The van der Waals surface area contributed by atoms with E-state index in [0.29, 0.717) is 0 Å². The van der Waals surface area contributed by atoms with Gasteiger partial charge in [0.15, 0.2) is 0 Å². The van der Waals surface area contributed by atoms with Gasteiger partial charge in [-0.1, -0.05) is 0 Å². The normalized spacial score (nSPS) is 13.5. The maximum Gasteiger partial charge on any atom is 0.416 e. The topological polar surface area (TPSA) is 51.8 Å². The Balaban J connectivity index is 2.26. The van der Waals surface area contributed by atoms with Crippen LogP contribution in [0.2, 0.25) is 0 Å². The smallest absolute Gasteiger partial charge is 0.324 e. The lowest BCUT2D eigenvalue weighted by Crippen LogP contribution is -2.19. The average molecular weight is 287 g/mol. The van der Waals surface area contributed by atoms with Crippen LogP contribution in [0, 0.1) is 6.92 Å². The van der Waals surface area contributed by atoms with Gasteiger partial charge in [0.25, 0.3) is 0 Å². The first-order valence-electron chi connectivity index (χ1n) is 5.55. The van der Waals surface area contributed by atoms with Gasteiger partial charge in [-0.05, 0) is 18.6 Å². The molecule has 2 aromatic heterocycles. The summed E-state index contributed by atoms with van der Waals surface area (Å²) in [4.78, 5) is 7.93. The number of halogens is 3. The van der Waals surface area contributed by atoms with Crippen LogP contribution < -0.4 is 5.73 Å². The molecule has 0 aliphatic heterocycles. The fourth-order valence-corrected chi connectivity index (χ4v) is 2.59. The summed E-state index contributed by atoms with van der Waals surface area (Å²) in [6.07, 6.45) is -1.86. The standard InChI is InChI=1S/C12H12F3N3S/c1-7-6-19-11(18-7)4-10(16)8-5-17-3-2-9(8)12(13,14)15/h2-3,5-6,10H,4,16H2,1H3. The highest BCUT2D eigenvalue weighted by molar-refractivity contribution is 7.09. The minimum Gasteiger partial charge on any atom is -0.324 e. The number of aryl methyl sites for hydroxylation is 1. The van der Waals surface area contributed by atoms with Crippen molar-refractivity contribution in [2.75, 3.05) is 0 Å². The largest absolute Gasteiger partial charge is 0.416 e. The molecule has 2 heterocycles. The van der Waals surface area contributed by atoms with Gasteiger partial charge in [-0.2, -0.15) is 13.2 Å². The molecule has 0 saturated heterocycles. The Morgan fingerprint density at radius 3 is 2.74 bits per heavy atom. The van der Waals surface area contributed by atoms with E-state index in [0.717, 1.165) is 23.0 Å². The lowest BCUT2D eigenvalue weighted by molar-refractivity contribution is -0.138. The SMILES string of the molecule is Cc1csc(CC(N)c2cnccc2C(F)(F)F)n1. The Labute approximate surface area is 112 Å². The van der Waals surface area contributed by atoms with Gasteiger partial charge < -0.3 is 5.73 Å². The molecule has 0 radical (unpaired) electrons. The fourth-order valence-electron chi connectivity index (χ4n) is 1.75. The minimum atomic E-state index is -4.42. The van der Waals surface area contributed by atoms with Crippen LogP contribution in [0.3, 0.4) is 0 Å². The van der Waals surface area contributed by atoms with Crippen molar-refractivity contribution in [3.63, 3.8) is 0 Å². The number of aromatic nitrogens is 2. The summed E-state index contributed by atoms with van der Waals surface area (Å²) in [5, 5.41) is 2.57. The van der Waals surface area contributed by atoms with Crippen molar-refractivity contribution in [1.29, 1.82) is 0 Å². The van der Waals surface area contributed by atoms with Gasteiger partial charge in [-0.25, -0.2) is 4.98 Å². The van der Waals surface area contributed by atoms with E-state index in [4.69, 9.17) is 5.73 Å². The lowest BCUT2D eigenvalue weighted by atomic mass is 10.0. The van der Waals surface area contributed by atoms with Crippen LogP contribution in [0.15, 0.2) is 23.8 Å². The third-order valence-corrected chi connectivity index (χ3v) is 3.61. The van der Waals surface area contributed by atoms with Gasteiger partial charge in [-0.15, -0.1) is 11.3 Å². The van der Waals surface area contributed by atoms with Gasteiger partial charge in [0.2, 0.25) is 0 Å². The van der Waals surface area contributed by atoms with E-state index < -0.39 is 17.8 Å². The molecule has 1 unspecified atom stereocenters. The molecule has 19 heavy (non-hydrogen) atoms. The number of hydrogen-bond acceptors (Lipinski definition) is 4. The van der Waals surface area contributed by atoms with Crippen LogP contribution in [0.4, 0.5) is 13.2 Å². The molecule has 0 aliphatic rings. The predicted octanol–water partition coefficient (Wildman–Crippen LogP) is 3.11. The number of pyridine rings is 1. The Kier molecular flexibility index (Phi) is 3.86. The van der Waals surface area contributed by atoms with Crippen LogP contribution in [-0.2, 0) is 12.6 Å². The summed E-state index contributed by atoms with van der Waals surface area (Å²) in [5.41, 5.74) is 5.97. The van der Waals surface area contributed by atoms with E-state index in [1.165, 1.54) is 17.5 Å². The molecule has 0 aliphatic carbocycles. The number of nitrogens with zero attached hydrogens (tertiary/aromatic N) is 2. The Bertz CT molecular complexity index is 565. The number of alkyl halides is 3. The van der Waals surface area contributed by atoms with Crippen molar-refractivity contribution in [3.05, 3.63) is 45.7 Å². The van der Waals surface area contributed by atoms with Crippen LogP contribution in [0.5, 0.6) is 0 Å². The summed E-state index contributed by atoms with van der Waals surface area (Å²) in [7, 11) is 0. The highest BCUT2D eigenvalue weighted by Crippen LogP contribution is 2.34. The van der Waals surface area contributed by atoms with Crippen molar-refractivity contribution in [1.82, 2.24) is 9.97 Å². The predicted molar refractivity (Wildman–Crippen MR) is 66.7 cm³/mol. The number of rotatable bonds is 3. The van der Waals surface area contributed by atoms with E-state index in [1.54, 1.807) is 0 Å². The maximum absolute atomic E-state index is 12.9. The van der Waals surface area contributed by atoms with Crippen molar-refractivity contribution < 1.29 is 13.2 Å². The molecule has 0 fully saturated rings. The third-order valence-electron chi connectivity index (χ3n) is 2.62. The van der Waals surface area contributed by atoms with Crippen LogP contribution >= 0.6 is 11.3 Å². The molecule has 102 valence electrons. The van der Waals surface area contributed by atoms with Gasteiger partial charge >= 0.3 is 6.18 Å². The minimum absolute atomic E-state index is 0.00264. The molecule has 1 atom stereocenters. The first-order valence-corrected chi connectivity index (χ1v) is 6.43. The lowest BCUT2D eigenvalue weighted by Gasteiger charge is -2.16. The highest BCUT2D eigenvalue weighted by Gasteiger charge is 2.34. The molecular weight excluding hydrogens is 275 g/mol. The van der Waals surface area contributed by atoms with Crippen LogP contribution in [0.25, 0.3) is 0 Å². The van der Waals surface area contributed by atoms with E-state index in [1.807, 2.05) is 12.3 Å². The van der Waals surface area contributed by atoms with Gasteiger partial charge in [0.05, 0.1) is 10.6 Å². The van der Waals surface area contributed by atoms with Gasteiger partial charge in [0.1, 0.15) is 0 Å². The molecule has 0 spiro atoms. The van der Waals surface area contributed by atoms with Crippen LogP contribution in [0.1, 0.15) is 27.9 Å². The molecule has 2 aromatic rings. The zero-order valence-electron chi connectivity index (χ0n) is 10.1. The number of nitrogens with two attached hydrogens (primary N) is 1. The second-order valence-corrected chi connectivity index (χ2v) is 5.10. The molecule has 2 rings (SSSR count). The van der Waals surface area contributed by atoms with Gasteiger partial charge in [-0.3, -0.25) is 4.98 Å². The molecule has 3 nitrogen and oxygen atoms in total. The van der Waals surface area contributed by atoms with Crippen molar-refractivity contribution in [3.8, 4) is 0 Å². The van der Waals surface area contributed by atoms with E-state index in [2.05, 4.69) is 9.97 Å². The molecule has 2 N–H and O–H groups in total. The third kappa shape index (κ3) is 3.30. The highest BCUT2D eigenvalue weighted by atomic mass is 32.1. The van der Waals surface area contributed by atoms with Crippen molar-refractivity contribution in [2.45, 2.75) is 25.6 Å². The molecular formula is C12H12F3N3S. The average Bonchev–Trinajstić information content (AvgIpc) is 2.73. The number of thiazole rings is 1. The Morgan fingerprint density at radius 2 is 2.16 bits per heavy atom. The van der Waals surface area contributed by atoms with Crippen LogP contribution in [-0.4, -0.2) is 9.97 Å². The van der Waals surface area contributed by atoms with Crippen molar-refractivity contribution >= 4 is 11.3 Å². The number of hydrogen-bond donors (Lipinski definition) is 1. The van der Waals surface area contributed by atoms with E-state index in [9.17, 15) is 13.2 Å². The zero-order valence-corrected chi connectivity index (χ0v) is 10.9. The zero-order chi connectivity index (χ0) is 14.0. The molecule has 0 bridgehead atoms. The summed E-state index contributed by atoms with van der Waals surface area (Å²) in [6.45, 7) is 1.83. The van der Waals surface area contributed by atoms with E-state index >= 15 is 0 Å². The summed E-state index contributed by atoms with van der Waals surface area (Å²) < 4.78 is 38.6. The Hall–Kier alpha value is -1.47. The first kappa shape index (κ1) is 14.0. The first-order chi connectivity index (χ1) is 8.88. The second kappa shape index (κ2) is 5.26. The van der Waals surface area contributed by atoms with Gasteiger partial charge in [0, 0.05) is 35.9 Å². The molecule has 7 heteroatoms.